The molecule has 9 nitrogen and oxygen atoms in total. The summed E-state index contributed by atoms with van der Waals surface area (Å²) in [5.74, 6) is 0.318. The number of carbonyl (C=O) groups is 1. The first-order valence-electron chi connectivity index (χ1n) is 11.1. The molecule has 1 aliphatic heterocycles. The van der Waals surface area contributed by atoms with Crippen LogP contribution in [0.1, 0.15) is 21.7 Å². The van der Waals surface area contributed by atoms with Crippen molar-refractivity contribution in [2.24, 2.45) is 0 Å². The SMILES string of the molecule is COC(=O)c1ccc(Oc2c(C)oc3c(CN4CCN(CCO)CC4)c(O)ccc3c2=O)cc1. The third-order valence-corrected chi connectivity index (χ3v) is 6.02. The maximum Gasteiger partial charge on any atom is 0.337 e. The first-order valence-corrected chi connectivity index (χ1v) is 11.1. The lowest BCUT2D eigenvalue weighted by molar-refractivity contribution is 0.0600. The van der Waals surface area contributed by atoms with Crippen molar-refractivity contribution in [1.82, 2.24) is 9.80 Å². The van der Waals surface area contributed by atoms with Crippen molar-refractivity contribution in [1.29, 1.82) is 0 Å². The third-order valence-electron chi connectivity index (χ3n) is 6.02. The summed E-state index contributed by atoms with van der Waals surface area (Å²) in [7, 11) is 1.31. The van der Waals surface area contributed by atoms with E-state index in [2.05, 4.69) is 9.80 Å². The number of β-amino-alcohol motifs (C(OH)–C–C–N with tert-alkyl or cyclic N) is 1. The second-order valence-corrected chi connectivity index (χ2v) is 8.22. The Balaban J connectivity index is 1.61. The number of carbonyl (C=O) groups excluding carboxylic acids is 1. The Morgan fingerprint density at radius 2 is 1.74 bits per heavy atom. The predicted octanol–water partition coefficient (Wildman–Crippen LogP) is 2.50. The normalized spacial score (nSPS) is 14.9. The van der Waals surface area contributed by atoms with Crippen LogP contribution >= 0.6 is 0 Å². The molecule has 0 bridgehead atoms. The lowest BCUT2D eigenvalue weighted by atomic mass is 10.1. The van der Waals surface area contributed by atoms with Crippen molar-refractivity contribution in [3.8, 4) is 17.2 Å². The van der Waals surface area contributed by atoms with Gasteiger partial charge in [-0.1, -0.05) is 0 Å². The van der Waals surface area contributed by atoms with Crippen molar-refractivity contribution in [3.05, 3.63) is 63.5 Å². The number of aliphatic hydroxyl groups excluding tert-OH is 1. The molecule has 34 heavy (non-hydrogen) atoms. The number of benzene rings is 2. The fourth-order valence-corrected chi connectivity index (χ4v) is 4.10. The van der Waals surface area contributed by atoms with E-state index in [0.29, 0.717) is 40.9 Å². The lowest BCUT2D eigenvalue weighted by Gasteiger charge is -2.34. The van der Waals surface area contributed by atoms with Crippen LogP contribution in [0.2, 0.25) is 0 Å². The number of piperazine rings is 1. The molecule has 0 amide bonds. The fourth-order valence-electron chi connectivity index (χ4n) is 4.10. The minimum Gasteiger partial charge on any atom is -0.507 e. The van der Waals surface area contributed by atoms with Gasteiger partial charge in [-0.05, 0) is 43.3 Å². The van der Waals surface area contributed by atoms with Gasteiger partial charge in [0.25, 0.3) is 0 Å². The quantitative estimate of drug-likeness (QED) is 0.505. The number of rotatable bonds is 7. The van der Waals surface area contributed by atoms with Crippen LogP contribution in [0.5, 0.6) is 17.2 Å². The highest BCUT2D eigenvalue weighted by atomic mass is 16.5. The van der Waals surface area contributed by atoms with Gasteiger partial charge in [0.15, 0.2) is 0 Å². The summed E-state index contributed by atoms with van der Waals surface area (Å²) in [6, 6.07) is 9.29. The molecule has 2 aromatic carbocycles. The van der Waals surface area contributed by atoms with Gasteiger partial charge in [0.05, 0.1) is 30.2 Å². The first kappa shape index (κ1) is 23.7. The molecule has 9 heteroatoms. The second-order valence-electron chi connectivity index (χ2n) is 8.22. The summed E-state index contributed by atoms with van der Waals surface area (Å²) in [5, 5.41) is 20.0. The smallest absolute Gasteiger partial charge is 0.337 e. The topological polar surface area (TPSA) is 113 Å². The molecular weight excluding hydrogens is 440 g/mol. The van der Waals surface area contributed by atoms with Gasteiger partial charge in [0, 0.05) is 39.3 Å². The largest absolute Gasteiger partial charge is 0.507 e. The molecule has 1 aromatic heterocycles. The van der Waals surface area contributed by atoms with Crippen LogP contribution in [0.25, 0.3) is 11.0 Å². The van der Waals surface area contributed by atoms with Gasteiger partial charge in [-0.3, -0.25) is 14.6 Å². The Labute approximate surface area is 196 Å². The van der Waals surface area contributed by atoms with Crippen molar-refractivity contribution in [3.63, 3.8) is 0 Å². The highest BCUT2D eigenvalue weighted by molar-refractivity contribution is 5.89. The van der Waals surface area contributed by atoms with Gasteiger partial charge in [0.2, 0.25) is 11.2 Å². The molecule has 0 aliphatic carbocycles. The minimum absolute atomic E-state index is 0.0487. The van der Waals surface area contributed by atoms with E-state index in [1.165, 1.54) is 19.2 Å². The van der Waals surface area contributed by atoms with Crippen LogP contribution in [0.15, 0.2) is 45.6 Å². The summed E-state index contributed by atoms with van der Waals surface area (Å²) in [6.45, 7) is 6.06. The van der Waals surface area contributed by atoms with E-state index in [9.17, 15) is 14.7 Å². The summed E-state index contributed by atoms with van der Waals surface area (Å²) >= 11 is 0. The first-order chi connectivity index (χ1) is 16.4. The zero-order valence-corrected chi connectivity index (χ0v) is 19.2. The van der Waals surface area contributed by atoms with Crippen LogP contribution in [0.3, 0.4) is 0 Å². The van der Waals surface area contributed by atoms with E-state index in [0.717, 1.165) is 26.2 Å². The van der Waals surface area contributed by atoms with E-state index < -0.39 is 5.97 Å². The summed E-state index contributed by atoms with van der Waals surface area (Å²) < 4.78 is 16.5. The Morgan fingerprint density at radius 1 is 1.06 bits per heavy atom. The van der Waals surface area contributed by atoms with E-state index in [1.54, 1.807) is 31.2 Å². The number of esters is 1. The van der Waals surface area contributed by atoms with Crippen LogP contribution in [-0.2, 0) is 11.3 Å². The third kappa shape index (κ3) is 4.91. The summed E-state index contributed by atoms with van der Waals surface area (Å²) in [4.78, 5) is 29.3. The number of ether oxygens (including phenoxy) is 2. The van der Waals surface area contributed by atoms with E-state index in [1.807, 2.05) is 0 Å². The second kappa shape index (κ2) is 10.3. The zero-order chi connectivity index (χ0) is 24.2. The van der Waals surface area contributed by atoms with Gasteiger partial charge < -0.3 is 24.1 Å². The van der Waals surface area contributed by atoms with Crippen molar-refractivity contribution >= 4 is 16.9 Å². The number of aliphatic hydroxyl groups is 1. The maximum atomic E-state index is 13.3. The Kier molecular flexibility index (Phi) is 7.16. The monoisotopic (exact) mass is 468 g/mol. The van der Waals surface area contributed by atoms with Gasteiger partial charge in [-0.15, -0.1) is 0 Å². The molecule has 1 saturated heterocycles. The van der Waals surface area contributed by atoms with Crippen molar-refractivity contribution < 1.29 is 28.9 Å². The molecule has 1 fully saturated rings. The number of fused-ring (bicyclic) bond motifs is 1. The number of methoxy groups -OCH3 is 1. The maximum absolute atomic E-state index is 13.3. The number of phenols is 1. The molecule has 2 N–H and O–H groups in total. The average molecular weight is 469 g/mol. The zero-order valence-electron chi connectivity index (χ0n) is 19.2. The van der Waals surface area contributed by atoms with Crippen molar-refractivity contribution in [2.75, 3.05) is 46.4 Å². The Morgan fingerprint density at radius 3 is 2.38 bits per heavy atom. The Bertz CT molecular complexity index is 1230. The van der Waals surface area contributed by atoms with E-state index >= 15 is 0 Å². The number of phenolic OH excluding ortho intramolecular Hbond substituents is 1. The number of hydrogen-bond acceptors (Lipinski definition) is 9. The predicted molar refractivity (Wildman–Crippen MR) is 126 cm³/mol. The molecule has 0 unspecified atom stereocenters. The standard InChI is InChI=1S/C25H28N2O7/c1-16-23(34-18-5-3-17(4-6-18)25(31)32-2)22(30)19-7-8-21(29)20(24(19)33-16)15-27-11-9-26(10-12-27)13-14-28/h3-8,28-29H,9-15H2,1-2H3. The van der Waals surface area contributed by atoms with Crippen LogP contribution in [0, 0.1) is 6.92 Å². The number of aryl methyl sites for hydroxylation is 1. The van der Waals surface area contributed by atoms with E-state index in [4.69, 9.17) is 19.0 Å². The van der Waals surface area contributed by atoms with Gasteiger partial charge in [0.1, 0.15) is 22.8 Å². The van der Waals surface area contributed by atoms with Crippen LogP contribution in [0.4, 0.5) is 0 Å². The highest BCUT2D eigenvalue weighted by Crippen LogP contribution is 2.32. The highest BCUT2D eigenvalue weighted by Gasteiger charge is 2.22. The lowest BCUT2D eigenvalue weighted by Crippen LogP contribution is -2.46. The van der Waals surface area contributed by atoms with Crippen LogP contribution in [-0.4, -0.2) is 72.4 Å². The summed E-state index contributed by atoms with van der Waals surface area (Å²) in [6.07, 6.45) is 0. The molecule has 1 aliphatic rings. The van der Waals surface area contributed by atoms with Gasteiger partial charge in [-0.2, -0.15) is 0 Å². The molecule has 2 heterocycles. The fraction of sp³-hybridized carbons (Fsp3) is 0.360. The minimum atomic E-state index is -0.463. The van der Waals surface area contributed by atoms with Crippen LogP contribution < -0.4 is 10.2 Å². The van der Waals surface area contributed by atoms with Gasteiger partial charge >= 0.3 is 5.97 Å². The molecule has 4 rings (SSSR count). The molecule has 0 radical (unpaired) electrons. The molecule has 0 atom stereocenters. The number of hydrogen-bond donors (Lipinski definition) is 2. The molecule has 0 saturated carbocycles. The Hall–Kier alpha value is -3.40. The molecule has 3 aromatic rings. The molecule has 0 spiro atoms. The molecule has 180 valence electrons. The summed E-state index contributed by atoms with van der Waals surface area (Å²) in [5.41, 5.74) is 0.926. The average Bonchev–Trinajstić information content (AvgIpc) is 2.85. The number of nitrogens with zero attached hydrogens (tertiary/aromatic N) is 2. The molecular formula is C25H28N2O7. The van der Waals surface area contributed by atoms with Crippen molar-refractivity contribution in [2.45, 2.75) is 13.5 Å². The number of aromatic hydroxyl groups is 1. The van der Waals surface area contributed by atoms with Gasteiger partial charge in [-0.25, -0.2) is 4.79 Å². The van der Waals surface area contributed by atoms with E-state index in [-0.39, 0.29) is 29.3 Å².